The summed E-state index contributed by atoms with van der Waals surface area (Å²) in [5.41, 5.74) is 1.99. The Bertz CT molecular complexity index is 939. The van der Waals surface area contributed by atoms with Gasteiger partial charge in [-0.3, -0.25) is 14.5 Å². The summed E-state index contributed by atoms with van der Waals surface area (Å²) >= 11 is 16.9. The van der Waals surface area contributed by atoms with Crippen LogP contribution in [0.5, 0.6) is 0 Å². The van der Waals surface area contributed by atoms with Crippen molar-refractivity contribution in [2.45, 2.75) is 17.0 Å². The number of nitrogens with one attached hydrogen (secondary N) is 1. The zero-order chi connectivity index (χ0) is 17.9. The highest BCUT2D eigenvalue weighted by molar-refractivity contribution is 9.10. The number of halogens is 3. The van der Waals surface area contributed by atoms with Crippen LogP contribution in [0.25, 0.3) is 0 Å². The van der Waals surface area contributed by atoms with Crippen LogP contribution in [0, 0.1) is 0 Å². The molecule has 2 heterocycles. The van der Waals surface area contributed by atoms with Crippen molar-refractivity contribution < 1.29 is 9.59 Å². The van der Waals surface area contributed by atoms with Crippen LogP contribution in [0.3, 0.4) is 0 Å². The zero-order valence-electron chi connectivity index (χ0n) is 12.8. The summed E-state index contributed by atoms with van der Waals surface area (Å²) in [6, 6.07) is 10.5. The predicted molar refractivity (Wildman–Crippen MR) is 105 cm³/mol. The third-order valence-corrected chi connectivity index (χ3v) is 7.01. The normalized spacial score (nSPS) is 24.8. The van der Waals surface area contributed by atoms with Crippen molar-refractivity contribution in [2.24, 2.45) is 0 Å². The van der Waals surface area contributed by atoms with Crippen molar-refractivity contribution in [3.63, 3.8) is 0 Å². The van der Waals surface area contributed by atoms with Crippen LogP contribution in [0.1, 0.15) is 12.5 Å². The fourth-order valence-corrected chi connectivity index (χ4v) is 5.33. The molecule has 2 unspecified atom stereocenters. The van der Waals surface area contributed by atoms with E-state index in [0.29, 0.717) is 21.4 Å². The Balaban J connectivity index is 1.96. The molecule has 0 bridgehead atoms. The van der Waals surface area contributed by atoms with Crippen LogP contribution in [0.4, 0.5) is 11.4 Å². The second kappa shape index (κ2) is 5.91. The van der Waals surface area contributed by atoms with E-state index in [1.54, 1.807) is 25.1 Å². The first-order valence-corrected chi connectivity index (χ1v) is 9.86. The molecule has 1 N–H and O–H groups in total. The van der Waals surface area contributed by atoms with Crippen molar-refractivity contribution in [1.82, 2.24) is 0 Å². The summed E-state index contributed by atoms with van der Waals surface area (Å²) in [7, 11) is 0. The van der Waals surface area contributed by atoms with E-state index < -0.39 is 4.87 Å². The van der Waals surface area contributed by atoms with Gasteiger partial charge in [-0.25, -0.2) is 0 Å². The standard InChI is InChI=1S/C17H11BrCl2N2O2S/c1-8-15(23)22(10-3-4-12(19)13(20)7-10)17(25-8)11-6-9(18)2-5-14(11)21-16(17)24/h2-8H,1H3,(H,21,24). The summed E-state index contributed by atoms with van der Waals surface area (Å²) in [4.78, 5) is 26.3. The molecule has 4 nitrogen and oxygen atoms in total. The molecule has 128 valence electrons. The van der Waals surface area contributed by atoms with Crippen LogP contribution in [-0.4, -0.2) is 17.1 Å². The van der Waals surface area contributed by atoms with E-state index in [-0.39, 0.29) is 17.1 Å². The molecule has 2 aliphatic rings. The molecule has 1 spiro atoms. The Kier molecular flexibility index (Phi) is 4.07. The number of anilines is 2. The summed E-state index contributed by atoms with van der Waals surface area (Å²) in [6.07, 6.45) is 0. The molecular weight excluding hydrogens is 447 g/mol. The minimum atomic E-state index is -1.16. The number of benzene rings is 2. The SMILES string of the molecule is CC1SC2(C(=O)Nc3ccc(Br)cc32)N(c2ccc(Cl)c(Cl)c2)C1=O. The molecule has 0 saturated carbocycles. The van der Waals surface area contributed by atoms with Gasteiger partial charge in [0.25, 0.3) is 5.91 Å². The number of thioether (sulfide) groups is 1. The molecule has 1 saturated heterocycles. The van der Waals surface area contributed by atoms with Crippen molar-refractivity contribution in [3.8, 4) is 0 Å². The molecule has 25 heavy (non-hydrogen) atoms. The van der Waals surface area contributed by atoms with E-state index in [2.05, 4.69) is 21.2 Å². The molecule has 1 fully saturated rings. The van der Waals surface area contributed by atoms with Crippen molar-refractivity contribution in [3.05, 3.63) is 56.5 Å². The monoisotopic (exact) mass is 456 g/mol. The Morgan fingerprint density at radius 1 is 1.16 bits per heavy atom. The maximum atomic E-state index is 13.0. The van der Waals surface area contributed by atoms with E-state index in [0.717, 1.165) is 10.0 Å². The van der Waals surface area contributed by atoms with Gasteiger partial charge in [-0.15, -0.1) is 11.8 Å². The van der Waals surface area contributed by atoms with Gasteiger partial charge in [0.1, 0.15) is 0 Å². The number of hydrogen-bond donors (Lipinski definition) is 1. The van der Waals surface area contributed by atoms with E-state index in [1.165, 1.54) is 16.7 Å². The molecule has 0 aromatic heterocycles. The van der Waals surface area contributed by atoms with Gasteiger partial charge in [0.2, 0.25) is 10.8 Å². The average Bonchev–Trinajstić information content (AvgIpc) is 2.98. The first-order valence-electron chi connectivity index (χ1n) is 7.43. The maximum absolute atomic E-state index is 13.0. The molecule has 0 aliphatic carbocycles. The van der Waals surface area contributed by atoms with Gasteiger partial charge in [0, 0.05) is 21.4 Å². The Morgan fingerprint density at radius 3 is 2.64 bits per heavy atom. The number of hydrogen-bond acceptors (Lipinski definition) is 3. The predicted octanol–water partition coefficient (Wildman–Crippen LogP) is 5.03. The zero-order valence-corrected chi connectivity index (χ0v) is 16.8. The lowest BCUT2D eigenvalue weighted by molar-refractivity contribution is -0.122. The molecule has 4 rings (SSSR count). The second-order valence-corrected chi connectivity index (χ2v) is 9.08. The fourth-order valence-electron chi connectivity index (χ4n) is 3.20. The topological polar surface area (TPSA) is 49.4 Å². The Morgan fingerprint density at radius 2 is 1.92 bits per heavy atom. The van der Waals surface area contributed by atoms with Crippen molar-refractivity contribution >= 4 is 74.1 Å². The second-order valence-electron chi connectivity index (χ2n) is 5.82. The van der Waals surface area contributed by atoms with Crippen LogP contribution in [0.2, 0.25) is 10.0 Å². The lowest BCUT2D eigenvalue weighted by Gasteiger charge is -2.32. The number of carbonyl (C=O) groups excluding carboxylic acids is 2. The lowest BCUT2D eigenvalue weighted by atomic mass is 10.0. The smallest absolute Gasteiger partial charge is 0.266 e. The number of amides is 2. The lowest BCUT2D eigenvalue weighted by Crippen LogP contribution is -2.47. The van der Waals surface area contributed by atoms with Crippen LogP contribution < -0.4 is 10.2 Å². The third-order valence-electron chi connectivity index (χ3n) is 4.29. The van der Waals surface area contributed by atoms with E-state index in [4.69, 9.17) is 23.2 Å². The van der Waals surface area contributed by atoms with Gasteiger partial charge in [0.15, 0.2) is 0 Å². The summed E-state index contributed by atoms with van der Waals surface area (Å²) in [5.74, 6) is -0.388. The summed E-state index contributed by atoms with van der Waals surface area (Å²) in [6.45, 7) is 1.80. The van der Waals surface area contributed by atoms with Crippen LogP contribution >= 0.6 is 50.9 Å². The van der Waals surface area contributed by atoms with E-state index >= 15 is 0 Å². The van der Waals surface area contributed by atoms with Crippen LogP contribution in [-0.2, 0) is 14.5 Å². The van der Waals surface area contributed by atoms with E-state index in [9.17, 15) is 9.59 Å². The minimum Gasteiger partial charge on any atom is -0.323 e. The van der Waals surface area contributed by atoms with Crippen molar-refractivity contribution in [1.29, 1.82) is 0 Å². The largest absolute Gasteiger partial charge is 0.323 e. The molecule has 8 heteroatoms. The van der Waals surface area contributed by atoms with Gasteiger partial charge in [0.05, 0.1) is 15.3 Å². The molecule has 2 aromatic rings. The molecule has 2 aliphatic heterocycles. The summed E-state index contributed by atoms with van der Waals surface area (Å²) < 4.78 is 0.837. The molecule has 2 atom stereocenters. The highest BCUT2D eigenvalue weighted by Gasteiger charge is 2.61. The summed E-state index contributed by atoms with van der Waals surface area (Å²) in [5, 5.41) is 3.25. The van der Waals surface area contributed by atoms with E-state index in [1.807, 2.05) is 18.2 Å². The quantitative estimate of drug-likeness (QED) is 0.653. The van der Waals surface area contributed by atoms with Crippen molar-refractivity contribution in [2.75, 3.05) is 10.2 Å². The van der Waals surface area contributed by atoms with Gasteiger partial charge in [-0.2, -0.15) is 0 Å². The van der Waals surface area contributed by atoms with Gasteiger partial charge in [-0.1, -0.05) is 39.1 Å². The minimum absolute atomic E-state index is 0.147. The Hall–Kier alpha value is -1.21. The first-order chi connectivity index (χ1) is 11.8. The number of carbonyl (C=O) groups is 2. The van der Waals surface area contributed by atoms with Gasteiger partial charge < -0.3 is 5.32 Å². The average molecular weight is 458 g/mol. The maximum Gasteiger partial charge on any atom is 0.266 e. The van der Waals surface area contributed by atoms with Gasteiger partial charge >= 0.3 is 0 Å². The molecule has 2 aromatic carbocycles. The van der Waals surface area contributed by atoms with Crippen LogP contribution in [0.15, 0.2) is 40.9 Å². The first kappa shape index (κ1) is 17.2. The number of rotatable bonds is 1. The number of nitrogens with zero attached hydrogens (tertiary/aromatic N) is 1. The molecule has 2 amide bonds. The van der Waals surface area contributed by atoms with Gasteiger partial charge in [-0.05, 0) is 43.3 Å². The Labute approximate surface area is 167 Å². The fraction of sp³-hybridized carbons (Fsp3) is 0.176. The third kappa shape index (κ3) is 2.42. The highest BCUT2D eigenvalue weighted by atomic mass is 79.9. The highest BCUT2D eigenvalue weighted by Crippen LogP contribution is 2.56. The molecular formula is C17H11BrCl2N2O2S. The number of fused-ring (bicyclic) bond motifs is 2. The molecule has 0 radical (unpaired) electrons.